The summed E-state index contributed by atoms with van der Waals surface area (Å²) in [5.74, 6) is -0.446. The van der Waals surface area contributed by atoms with Crippen LogP contribution < -0.4 is 4.74 Å². The fourth-order valence-electron chi connectivity index (χ4n) is 1.15. The summed E-state index contributed by atoms with van der Waals surface area (Å²) in [6.07, 6.45) is 4.72. The van der Waals surface area contributed by atoms with Gasteiger partial charge in [-0.3, -0.25) is 0 Å². The predicted octanol–water partition coefficient (Wildman–Crippen LogP) is 1.53. The Labute approximate surface area is 86.4 Å². The first-order valence-electron chi connectivity index (χ1n) is 4.46. The normalized spacial score (nSPS) is 10.3. The number of aromatic nitrogens is 3. The molecule has 5 heteroatoms. The maximum Gasteiger partial charge on any atom is 0.255 e. The van der Waals surface area contributed by atoms with E-state index < -0.39 is 5.95 Å². The monoisotopic (exact) mass is 207 g/mol. The summed E-state index contributed by atoms with van der Waals surface area (Å²) < 4.78 is 20.1. The topological polar surface area (TPSA) is 39.9 Å². The number of imidazole rings is 1. The van der Waals surface area contributed by atoms with E-state index in [0.29, 0.717) is 0 Å². The molecule has 0 aliphatic heterocycles. The molecule has 2 aromatic rings. The summed E-state index contributed by atoms with van der Waals surface area (Å²) in [5.41, 5.74) is 0.873. The minimum absolute atomic E-state index is 0.152. The zero-order valence-electron chi connectivity index (χ0n) is 8.22. The second-order valence-corrected chi connectivity index (χ2v) is 3.08. The molecule has 0 amide bonds. The number of hydrogen-bond acceptors (Lipinski definition) is 3. The van der Waals surface area contributed by atoms with E-state index in [9.17, 15) is 4.39 Å². The molecule has 0 aliphatic rings. The Hall–Kier alpha value is -1.91. The highest BCUT2D eigenvalue weighted by Gasteiger charge is 2.04. The van der Waals surface area contributed by atoms with Crippen LogP contribution in [0.25, 0.3) is 0 Å². The van der Waals surface area contributed by atoms with Crippen molar-refractivity contribution in [3.8, 4) is 5.75 Å². The van der Waals surface area contributed by atoms with E-state index in [2.05, 4.69) is 9.97 Å². The van der Waals surface area contributed by atoms with Gasteiger partial charge < -0.3 is 9.30 Å². The predicted molar refractivity (Wildman–Crippen MR) is 51.7 cm³/mol. The highest BCUT2D eigenvalue weighted by Crippen LogP contribution is 2.14. The summed E-state index contributed by atoms with van der Waals surface area (Å²) in [6, 6.07) is 3.17. The van der Waals surface area contributed by atoms with Crippen LogP contribution in [0.5, 0.6) is 5.75 Å². The summed E-state index contributed by atoms with van der Waals surface area (Å²) in [5, 5.41) is 0. The molecule has 2 rings (SSSR count). The van der Waals surface area contributed by atoms with Crippen LogP contribution in [0.15, 0.2) is 30.9 Å². The van der Waals surface area contributed by atoms with Gasteiger partial charge in [0.25, 0.3) is 5.95 Å². The first kappa shape index (κ1) is 9.64. The van der Waals surface area contributed by atoms with Gasteiger partial charge in [0.2, 0.25) is 0 Å². The Morgan fingerprint density at radius 3 is 3.07 bits per heavy atom. The lowest BCUT2D eigenvalue weighted by Crippen LogP contribution is -2.02. The molecule has 2 aromatic heterocycles. The quantitative estimate of drug-likeness (QED) is 0.716. The number of ether oxygens (including phenoxy) is 1. The van der Waals surface area contributed by atoms with Gasteiger partial charge in [-0.2, -0.15) is 4.39 Å². The standard InChI is InChI=1S/C10H10FN3O/c1-14-7-12-5-8(14)6-15-9-3-2-4-13-10(9)11/h2-5,7H,6H2,1H3. The second kappa shape index (κ2) is 4.08. The van der Waals surface area contributed by atoms with Crippen LogP contribution in [-0.4, -0.2) is 14.5 Å². The molecule has 0 aliphatic carbocycles. The molecular formula is C10H10FN3O. The van der Waals surface area contributed by atoms with Gasteiger partial charge in [0.15, 0.2) is 5.75 Å². The van der Waals surface area contributed by atoms with Gasteiger partial charge >= 0.3 is 0 Å². The van der Waals surface area contributed by atoms with Crippen molar-refractivity contribution in [2.24, 2.45) is 7.05 Å². The van der Waals surface area contributed by atoms with Crippen LogP contribution in [0.1, 0.15) is 5.69 Å². The molecule has 2 heterocycles. The lowest BCUT2D eigenvalue weighted by molar-refractivity contribution is 0.278. The van der Waals surface area contributed by atoms with Gasteiger partial charge in [0.05, 0.1) is 18.2 Å². The average Bonchev–Trinajstić information content (AvgIpc) is 2.63. The van der Waals surface area contributed by atoms with Gasteiger partial charge in [0, 0.05) is 13.2 Å². The van der Waals surface area contributed by atoms with Crippen molar-refractivity contribution in [1.82, 2.24) is 14.5 Å². The Bertz CT molecular complexity index is 455. The van der Waals surface area contributed by atoms with Crippen molar-refractivity contribution in [2.45, 2.75) is 6.61 Å². The van der Waals surface area contributed by atoms with E-state index in [1.54, 1.807) is 24.7 Å². The molecule has 78 valence electrons. The molecular weight excluding hydrogens is 197 g/mol. The number of halogens is 1. The largest absolute Gasteiger partial charge is 0.483 e. The van der Waals surface area contributed by atoms with Crippen LogP contribution in [0, 0.1) is 5.95 Å². The Balaban J connectivity index is 2.06. The van der Waals surface area contributed by atoms with Gasteiger partial charge in [0.1, 0.15) is 6.61 Å². The number of nitrogens with zero attached hydrogens (tertiary/aromatic N) is 3. The minimum atomic E-state index is -0.598. The van der Waals surface area contributed by atoms with Crippen molar-refractivity contribution >= 4 is 0 Å². The van der Waals surface area contributed by atoms with E-state index >= 15 is 0 Å². The number of pyridine rings is 1. The fraction of sp³-hybridized carbons (Fsp3) is 0.200. The molecule has 0 saturated carbocycles. The third-order valence-electron chi connectivity index (χ3n) is 2.02. The molecule has 0 saturated heterocycles. The fourth-order valence-corrected chi connectivity index (χ4v) is 1.15. The van der Waals surface area contributed by atoms with Crippen LogP contribution in [0.2, 0.25) is 0 Å². The minimum Gasteiger partial charge on any atom is -0.483 e. The van der Waals surface area contributed by atoms with Gasteiger partial charge in [-0.25, -0.2) is 9.97 Å². The van der Waals surface area contributed by atoms with Gasteiger partial charge in [-0.15, -0.1) is 0 Å². The summed E-state index contributed by atoms with van der Waals surface area (Å²) in [7, 11) is 1.85. The molecule has 15 heavy (non-hydrogen) atoms. The SMILES string of the molecule is Cn1cncc1COc1cccnc1F. The van der Waals surface area contributed by atoms with E-state index in [0.717, 1.165) is 5.69 Å². The molecule has 0 atom stereocenters. The maximum absolute atomic E-state index is 13.1. The number of hydrogen-bond donors (Lipinski definition) is 0. The van der Waals surface area contributed by atoms with Crippen LogP contribution >= 0.6 is 0 Å². The summed E-state index contributed by atoms with van der Waals surface area (Å²) >= 11 is 0. The molecule has 0 fully saturated rings. The van der Waals surface area contributed by atoms with E-state index in [1.807, 2.05) is 11.6 Å². The smallest absolute Gasteiger partial charge is 0.255 e. The molecule has 4 nitrogen and oxygen atoms in total. The lowest BCUT2D eigenvalue weighted by atomic mass is 10.4. The highest BCUT2D eigenvalue weighted by molar-refractivity contribution is 5.18. The number of aryl methyl sites for hydroxylation is 1. The Morgan fingerprint density at radius 2 is 2.40 bits per heavy atom. The molecule has 0 bridgehead atoms. The average molecular weight is 207 g/mol. The van der Waals surface area contributed by atoms with Gasteiger partial charge in [-0.1, -0.05) is 0 Å². The second-order valence-electron chi connectivity index (χ2n) is 3.08. The third-order valence-corrected chi connectivity index (χ3v) is 2.02. The maximum atomic E-state index is 13.1. The lowest BCUT2D eigenvalue weighted by Gasteiger charge is -2.06. The molecule has 0 spiro atoms. The Kier molecular flexibility index (Phi) is 2.62. The van der Waals surface area contributed by atoms with Crippen molar-refractivity contribution in [3.05, 3.63) is 42.5 Å². The zero-order chi connectivity index (χ0) is 10.7. The molecule has 0 radical (unpaired) electrons. The molecule has 0 N–H and O–H groups in total. The number of rotatable bonds is 3. The van der Waals surface area contributed by atoms with Crippen LogP contribution in [0.3, 0.4) is 0 Å². The van der Waals surface area contributed by atoms with E-state index in [-0.39, 0.29) is 12.4 Å². The summed E-state index contributed by atoms with van der Waals surface area (Å²) in [6.45, 7) is 0.277. The molecule has 0 aromatic carbocycles. The van der Waals surface area contributed by atoms with E-state index in [4.69, 9.17) is 4.74 Å². The first-order valence-corrected chi connectivity index (χ1v) is 4.46. The van der Waals surface area contributed by atoms with Crippen LogP contribution in [0.4, 0.5) is 4.39 Å². The van der Waals surface area contributed by atoms with Gasteiger partial charge in [-0.05, 0) is 12.1 Å². The van der Waals surface area contributed by atoms with E-state index in [1.165, 1.54) is 6.20 Å². The van der Waals surface area contributed by atoms with Crippen molar-refractivity contribution in [1.29, 1.82) is 0 Å². The van der Waals surface area contributed by atoms with Crippen LogP contribution in [-0.2, 0) is 13.7 Å². The van der Waals surface area contributed by atoms with Crippen molar-refractivity contribution < 1.29 is 9.13 Å². The third kappa shape index (κ3) is 2.12. The first-order chi connectivity index (χ1) is 7.27. The van der Waals surface area contributed by atoms with Crippen molar-refractivity contribution in [3.63, 3.8) is 0 Å². The Morgan fingerprint density at radius 1 is 1.53 bits per heavy atom. The zero-order valence-corrected chi connectivity index (χ0v) is 8.22. The summed E-state index contributed by atoms with van der Waals surface area (Å²) in [4.78, 5) is 7.42. The van der Waals surface area contributed by atoms with Crippen molar-refractivity contribution in [2.75, 3.05) is 0 Å². The molecule has 0 unspecified atom stereocenters. The highest BCUT2D eigenvalue weighted by atomic mass is 19.1.